The number of nitrogens with one attached hydrogen (secondary N) is 1. The largest absolute Gasteiger partial charge is 0.494 e. The number of halogens is 1. The molecule has 0 aromatic heterocycles. The smallest absolute Gasteiger partial charge is 0.119 e. The molecule has 2 rings (SSSR count). The van der Waals surface area contributed by atoms with E-state index in [9.17, 15) is 0 Å². The standard InChI is InChI=1S/C16H18BrNO/c1-3-19-15-6-4-5-13(11-15)16(18-2)12-7-9-14(17)10-8-12/h4-11,16,18H,3H2,1-2H3. The minimum absolute atomic E-state index is 0.175. The van der Waals surface area contributed by atoms with Crippen LogP contribution < -0.4 is 10.1 Å². The van der Waals surface area contributed by atoms with E-state index in [0.717, 1.165) is 10.2 Å². The molecule has 0 bridgehead atoms. The van der Waals surface area contributed by atoms with E-state index in [1.807, 2.05) is 26.1 Å². The molecule has 2 aromatic carbocycles. The second-order valence-electron chi connectivity index (χ2n) is 4.28. The second kappa shape index (κ2) is 6.73. The summed E-state index contributed by atoms with van der Waals surface area (Å²) >= 11 is 3.46. The molecule has 0 aliphatic heterocycles. The highest BCUT2D eigenvalue weighted by Crippen LogP contribution is 2.26. The number of benzene rings is 2. The first kappa shape index (κ1) is 14.1. The van der Waals surface area contributed by atoms with Gasteiger partial charge in [-0.2, -0.15) is 0 Å². The van der Waals surface area contributed by atoms with Crippen molar-refractivity contribution in [2.24, 2.45) is 0 Å². The zero-order valence-electron chi connectivity index (χ0n) is 11.2. The lowest BCUT2D eigenvalue weighted by Gasteiger charge is -2.18. The van der Waals surface area contributed by atoms with Crippen LogP contribution in [0.2, 0.25) is 0 Å². The molecule has 0 saturated heterocycles. The maximum absolute atomic E-state index is 5.56. The van der Waals surface area contributed by atoms with Gasteiger partial charge in [0.2, 0.25) is 0 Å². The van der Waals surface area contributed by atoms with Crippen molar-refractivity contribution >= 4 is 15.9 Å². The van der Waals surface area contributed by atoms with Crippen LogP contribution in [0.3, 0.4) is 0 Å². The van der Waals surface area contributed by atoms with E-state index in [4.69, 9.17) is 4.74 Å². The maximum atomic E-state index is 5.56. The highest BCUT2D eigenvalue weighted by molar-refractivity contribution is 9.10. The Balaban J connectivity index is 2.30. The van der Waals surface area contributed by atoms with Crippen LogP contribution in [0.1, 0.15) is 24.1 Å². The summed E-state index contributed by atoms with van der Waals surface area (Å²) in [6, 6.07) is 16.8. The van der Waals surface area contributed by atoms with Crippen molar-refractivity contribution in [3.8, 4) is 5.75 Å². The molecule has 100 valence electrons. The van der Waals surface area contributed by atoms with E-state index in [0.29, 0.717) is 6.61 Å². The van der Waals surface area contributed by atoms with Gasteiger partial charge < -0.3 is 10.1 Å². The molecule has 1 unspecified atom stereocenters. The molecular weight excluding hydrogens is 302 g/mol. The Labute approximate surface area is 122 Å². The van der Waals surface area contributed by atoms with Gasteiger partial charge in [-0.25, -0.2) is 0 Å². The van der Waals surface area contributed by atoms with Crippen LogP contribution in [-0.2, 0) is 0 Å². The Morgan fingerprint density at radius 3 is 2.47 bits per heavy atom. The third-order valence-electron chi connectivity index (χ3n) is 2.99. The summed E-state index contributed by atoms with van der Waals surface area (Å²) in [6.45, 7) is 2.68. The highest BCUT2D eigenvalue weighted by Gasteiger charge is 2.12. The highest BCUT2D eigenvalue weighted by atomic mass is 79.9. The lowest BCUT2D eigenvalue weighted by atomic mass is 9.99. The van der Waals surface area contributed by atoms with E-state index in [2.05, 4.69) is 57.6 Å². The molecule has 0 aliphatic rings. The molecule has 2 nitrogen and oxygen atoms in total. The van der Waals surface area contributed by atoms with Gasteiger partial charge in [-0.15, -0.1) is 0 Å². The zero-order chi connectivity index (χ0) is 13.7. The van der Waals surface area contributed by atoms with Gasteiger partial charge in [-0.1, -0.05) is 40.2 Å². The fourth-order valence-electron chi connectivity index (χ4n) is 2.13. The summed E-state index contributed by atoms with van der Waals surface area (Å²) in [6.07, 6.45) is 0. The van der Waals surface area contributed by atoms with Crippen LogP contribution in [0.25, 0.3) is 0 Å². The average molecular weight is 320 g/mol. The number of hydrogen-bond donors (Lipinski definition) is 1. The fourth-order valence-corrected chi connectivity index (χ4v) is 2.40. The third kappa shape index (κ3) is 3.58. The lowest BCUT2D eigenvalue weighted by molar-refractivity contribution is 0.339. The van der Waals surface area contributed by atoms with Gasteiger partial charge in [-0.05, 0) is 49.4 Å². The summed E-state index contributed by atoms with van der Waals surface area (Å²) < 4.78 is 6.65. The topological polar surface area (TPSA) is 21.3 Å². The Morgan fingerprint density at radius 2 is 1.84 bits per heavy atom. The van der Waals surface area contributed by atoms with Crippen molar-refractivity contribution in [2.75, 3.05) is 13.7 Å². The summed E-state index contributed by atoms with van der Waals surface area (Å²) in [7, 11) is 1.97. The summed E-state index contributed by atoms with van der Waals surface area (Å²) in [4.78, 5) is 0. The van der Waals surface area contributed by atoms with E-state index >= 15 is 0 Å². The molecule has 0 saturated carbocycles. The van der Waals surface area contributed by atoms with Gasteiger partial charge >= 0.3 is 0 Å². The van der Waals surface area contributed by atoms with Crippen LogP contribution in [0, 0.1) is 0 Å². The Hall–Kier alpha value is -1.32. The summed E-state index contributed by atoms with van der Waals surface area (Å²) in [5, 5.41) is 3.35. The van der Waals surface area contributed by atoms with Crippen LogP contribution in [-0.4, -0.2) is 13.7 Å². The van der Waals surface area contributed by atoms with Gasteiger partial charge in [0.15, 0.2) is 0 Å². The Bertz CT molecular complexity index is 525. The predicted molar refractivity (Wildman–Crippen MR) is 82.7 cm³/mol. The van der Waals surface area contributed by atoms with E-state index in [1.165, 1.54) is 11.1 Å². The van der Waals surface area contributed by atoms with Crippen molar-refractivity contribution in [3.05, 3.63) is 64.1 Å². The van der Waals surface area contributed by atoms with Crippen LogP contribution in [0.4, 0.5) is 0 Å². The van der Waals surface area contributed by atoms with Gasteiger partial charge in [0.05, 0.1) is 12.6 Å². The lowest BCUT2D eigenvalue weighted by Crippen LogP contribution is -2.17. The zero-order valence-corrected chi connectivity index (χ0v) is 12.8. The van der Waals surface area contributed by atoms with Crippen molar-refractivity contribution in [1.29, 1.82) is 0 Å². The molecule has 0 aliphatic carbocycles. The van der Waals surface area contributed by atoms with Gasteiger partial charge in [0, 0.05) is 4.47 Å². The first-order chi connectivity index (χ1) is 9.24. The monoisotopic (exact) mass is 319 g/mol. The van der Waals surface area contributed by atoms with Gasteiger partial charge in [0.1, 0.15) is 5.75 Å². The quantitative estimate of drug-likeness (QED) is 0.893. The molecule has 19 heavy (non-hydrogen) atoms. The van der Waals surface area contributed by atoms with Gasteiger partial charge in [0.25, 0.3) is 0 Å². The normalized spacial score (nSPS) is 12.2. The fraction of sp³-hybridized carbons (Fsp3) is 0.250. The molecule has 1 atom stereocenters. The Kier molecular flexibility index (Phi) is 5.00. The van der Waals surface area contributed by atoms with Crippen LogP contribution in [0.5, 0.6) is 5.75 Å². The van der Waals surface area contributed by atoms with Crippen molar-refractivity contribution in [2.45, 2.75) is 13.0 Å². The van der Waals surface area contributed by atoms with E-state index < -0.39 is 0 Å². The van der Waals surface area contributed by atoms with Crippen molar-refractivity contribution in [1.82, 2.24) is 5.32 Å². The molecule has 3 heteroatoms. The third-order valence-corrected chi connectivity index (χ3v) is 3.52. The minimum atomic E-state index is 0.175. The number of ether oxygens (including phenoxy) is 1. The van der Waals surface area contributed by atoms with E-state index in [1.54, 1.807) is 0 Å². The molecule has 0 fully saturated rings. The maximum Gasteiger partial charge on any atom is 0.119 e. The molecule has 0 heterocycles. The van der Waals surface area contributed by atoms with Gasteiger partial charge in [-0.3, -0.25) is 0 Å². The average Bonchev–Trinajstić information content (AvgIpc) is 2.43. The predicted octanol–water partition coefficient (Wildman–Crippen LogP) is 4.16. The van der Waals surface area contributed by atoms with Crippen LogP contribution in [0.15, 0.2) is 53.0 Å². The molecule has 1 N–H and O–H groups in total. The molecule has 0 amide bonds. The number of rotatable bonds is 5. The summed E-state index contributed by atoms with van der Waals surface area (Å²) in [5.74, 6) is 0.914. The second-order valence-corrected chi connectivity index (χ2v) is 5.19. The molecule has 0 radical (unpaired) electrons. The SMILES string of the molecule is CCOc1cccc(C(NC)c2ccc(Br)cc2)c1. The first-order valence-electron chi connectivity index (χ1n) is 6.40. The first-order valence-corrected chi connectivity index (χ1v) is 7.19. The molecule has 0 spiro atoms. The van der Waals surface area contributed by atoms with Crippen molar-refractivity contribution < 1.29 is 4.74 Å². The minimum Gasteiger partial charge on any atom is -0.494 e. The molecule has 2 aromatic rings. The van der Waals surface area contributed by atoms with E-state index in [-0.39, 0.29) is 6.04 Å². The van der Waals surface area contributed by atoms with Crippen molar-refractivity contribution in [3.63, 3.8) is 0 Å². The molecular formula is C16H18BrNO. The number of hydrogen-bond acceptors (Lipinski definition) is 2. The summed E-state index contributed by atoms with van der Waals surface area (Å²) in [5.41, 5.74) is 2.44. The Morgan fingerprint density at radius 1 is 1.11 bits per heavy atom. The van der Waals surface area contributed by atoms with Crippen LogP contribution >= 0.6 is 15.9 Å².